The van der Waals surface area contributed by atoms with Crippen LogP contribution < -0.4 is 20.1 Å². The van der Waals surface area contributed by atoms with E-state index >= 15 is 0 Å². The molecule has 0 N–H and O–H groups in total. The number of ether oxygens (including phenoxy) is 3. The Morgan fingerprint density at radius 3 is 2.46 bits per heavy atom. The highest BCUT2D eigenvalue weighted by molar-refractivity contribution is 5.50. The molecule has 0 spiro atoms. The molecule has 2 heterocycles. The molecule has 12 heteroatoms. The molecule has 37 heavy (non-hydrogen) atoms. The number of aromatic nitrogens is 2. The van der Waals surface area contributed by atoms with Crippen LogP contribution in [0.1, 0.15) is 22.3 Å². The number of rotatable bonds is 6. The third-order valence-corrected chi connectivity index (χ3v) is 5.62. The van der Waals surface area contributed by atoms with Gasteiger partial charge in [-0.3, -0.25) is 4.57 Å². The molecule has 0 aliphatic carbocycles. The predicted octanol–water partition coefficient (Wildman–Crippen LogP) is 3.75. The van der Waals surface area contributed by atoms with Crippen molar-refractivity contribution in [3.63, 3.8) is 0 Å². The first kappa shape index (κ1) is 25.5. The molecule has 2 aromatic carbocycles. The van der Waals surface area contributed by atoms with Gasteiger partial charge in [0.05, 0.1) is 36.0 Å². The Labute approximate surface area is 209 Å². The summed E-state index contributed by atoms with van der Waals surface area (Å²) in [5, 5.41) is 18.5. The smallest absolute Gasteiger partial charge is 0.417 e. The average molecular weight is 511 g/mol. The molecule has 1 aromatic heterocycles. The first-order chi connectivity index (χ1) is 17.7. The molecule has 0 saturated carbocycles. The third-order valence-electron chi connectivity index (χ3n) is 5.62. The van der Waals surface area contributed by atoms with Gasteiger partial charge >= 0.3 is 11.9 Å². The lowest BCUT2D eigenvalue weighted by Gasteiger charge is -2.29. The van der Waals surface area contributed by atoms with Gasteiger partial charge in [-0.25, -0.2) is 4.79 Å². The van der Waals surface area contributed by atoms with Crippen molar-refractivity contribution in [3.05, 3.63) is 75.2 Å². The fourth-order valence-electron chi connectivity index (χ4n) is 3.72. The first-order valence-electron chi connectivity index (χ1n) is 11.1. The van der Waals surface area contributed by atoms with Crippen LogP contribution in [0.5, 0.6) is 17.4 Å². The predicted molar refractivity (Wildman–Crippen MR) is 124 cm³/mol. The minimum Gasteiger partial charge on any atom is -0.473 e. The minimum absolute atomic E-state index is 0.0211. The molecule has 0 unspecified atom stereocenters. The van der Waals surface area contributed by atoms with Gasteiger partial charge in [-0.2, -0.15) is 28.7 Å². The Balaban J connectivity index is 1.52. The summed E-state index contributed by atoms with van der Waals surface area (Å²) in [6, 6.07) is 12.5. The Morgan fingerprint density at radius 2 is 1.78 bits per heavy atom. The molecule has 190 valence electrons. The summed E-state index contributed by atoms with van der Waals surface area (Å²) >= 11 is 0. The van der Waals surface area contributed by atoms with Gasteiger partial charge in [0.2, 0.25) is 5.88 Å². The number of nitriles is 2. The maximum Gasteiger partial charge on any atom is 0.417 e. The van der Waals surface area contributed by atoms with Gasteiger partial charge in [-0.1, -0.05) is 6.07 Å². The lowest BCUT2D eigenvalue weighted by Crippen LogP contribution is -2.39. The van der Waals surface area contributed by atoms with Crippen molar-refractivity contribution in [2.24, 2.45) is 7.05 Å². The second-order valence-electron chi connectivity index (χ2n) is 8.04. The standard InChI is InChI=1S/C25H20F3N5O4/c1-32-23(33-6-8-35-9-7-33)12-22(31-24(32)34)36-15-16-2-5-21(18(10-16)14-30)37-19-4-3-17(13-29)20(11-19)25(26,27)28/h2-5,10-12H,6-9,15H2,1H3. The molecule has 0 atom stereocenters. The zero-order valence-corrected chi connectivity index (χ0v) is 19.6. The van der Waals surface area contributed by atoms with Crippen LogP contribution in [0.15, 0.2) is 47.3 Å². The first-order valence-corrected chi connectivity index (χ1v) is 11.1. The van der Waals surface area contributed by atoms with E-state index in [1.165, 1.54) is 28.8 Å². The van der Waals surface area contributed by atoms with E-state index in [0.29, 0.717) is 43.8 Å². The van der Waals surface area contributed by atoms with Gasteiger partial charge in [0, 0.05) is 26.2 Å². The van der Waals surface area contributed by atoms with Gasteiger partial charge in [0.15, 0.2) is 0 Å². The van der Waals surface area contributed by atoms with Gasteiger partial charge in [0.1, 0.15) is 30.0 Å². The van der Waals surface area contributed by atoms with Crippen LogP contribution in [0, 0.1) is 22.7 Å². The molecule has 4 rings (SSSR count). The van der Waals surface area contributed by atoms with Crippen LogP contribution in [-0.4, -0.2) is 35.9 Å². The molecular formula is C25H20F3N5O4. The van der Waals surface area contributed by atoms with Crippen molar-refractivity contribution in [2.45, 2.75) is 12.8 Å². The maximum absolute atomic E-state index is 13.2. The summed E-state index contributed by atoms with van der Waals surface area (Å²) in [7, 11) is 1.62. The SMILES string of the molecule is Cn1c(N2CCOCC2)cc(OCc2ccc(Oc3ccc(C#N)c(C(F)(F)F)c3)c(C#N)c2)nc1=O. The van der Waals surface area contributed by atoms with Crippen molar-refractivity contribution in [3.8, 4) is 29.5 Å². The topological polar surface area (TPSA) is 113 Å². The lowest BCUT2D eigenvalue weighted by atomic mass is 10.1. The number of hydrogen-bond donors (Lipinski definition) is 0. The molecule has 3 aromatic rings. The number of hydrogen-bond acceptors (Lipinski definition) is 8. The van der Waals surface area contributed by atoms with Crippen molar-refractivity contribution < 1.29 is 27.4 Å². The monoisotopic (exact) mass is 511 g/mol. The summed E-state index contributed by atoms with van der Waals surface area (Å²) in [6.45, 7) is 2.30. The summed E-state index contributed by atoms with van der Waals surface area (Å²) in [6.07, 6.45) is -4.74. The van der Waals surface area contributed by atoms with Gasteiger partial charge < -0.3 is 19.1 Å². The van der Waals surface area contributed by atoms with E-state index in [2.05, 4.69) is 4.98 Å². The minimum atomic E-state index is -4.74. The van der Waals surface area contributed by atoms with Crippen molar-refractivity contribution in [1.29, 1.82) is 10.5 Å². The molecule has 0 radical (unpaired) electrons. The molecule has 9 nitrogen and oxygen atoms in total. The second-order valence-corrected chi connectivity index (χ2v) is 8.04. The van der Waals surface area contributed by atoms with E-state index in [1.54, 1.807) is 19.2 Å². The molecule has 0 bridgehead atoms. The van der Waals surface area contributed by atoms with E-state index in [-0.39, 0.29) is 29.5 Å². The fourth-order valence-corrected chi connectivity index (χ4v) is 3.72. The van der Waals surface area contributed by atoms with Crippen LogP contribution in [-0.2, 0) is 24.6 Å². The molecule has 1 aliphatic rings. The number of nitrogens with zero attached hydrogens (tertiary/aromatic N) is 5. The van der Waals surface area contributed by atoms with E-state index in [4.69, 9.17) is 19.5 Å². The number of alkyl halides is 3. The van der Waals surface area contributed by atoms with Crippen molar-refractivity contribution in [1.82, 2.24) is 9.55 Å². The lowest BCUT2D eigenvalue weighted by molar-refractivity contribution is -0.137. The Bertz CT molecular complexity index is 1450. The van der Waals surface area contributed by atoms with Crippen molar-refractivity contribution >= 4 is 5.82 Å². The van der Waals surface area contributed by atoms with Crippen LogP contribution in [0.3, 0.4) is 0 Å². The summed E-state index contributed by atoms with van der Waals surface area (Å²) in [5.74, 6) is 0.610. The van der Waals surface area contributed by atoms with Crippen LogP contribution >= 0.6 is 0 Å². The Hall–Kier alpha value is -4.55. The highest BCUT2D eigenvalue weighted by Crippen LogP contribution is 2.36. The molecule has 1 aliphatic heterocycles. The van der Waals surface area contributed by atoms with Gasteiger partial charge in [-0.15, -0.1) is 0 Å². The molecule has 1 fully saturated rings. The van der Waals surface area contributed by atoms with Crippen LogP contribution in [0.2, 0.25) is 0 Å². The van der Waals surface area contributed by atoms with Gasteiger partial charge in [0.25, 0.3) is 0 Å². The highest BCUT2D eigenvalue weighted by atomic mass is 19.4. The molecule has 1 saturated heterocycles. The number of benzene rings is 2. The molecule has 0 amide bonds. The number of morpholine rings is 1. The average Bonchev–Trinajstić information content (AvgIpc) is 2.89. The van der Waals surface area contributed by atoms with Crippen molar-refractivity contribution in [2.75, 3.05) is 31.2 Å². The van der Waals surface area contributed by atoms with E-state index in [9.17, 15) is 23.2 Å². The second kappa shape index (κ2) is 10.6. The zero-order valence-electron chi connectivity index (χ0n) is 19.6. The Kier molecular flexibility index (Phi) is 7.32. The fraction of sp³-hybridized carbons (Fsp3) is 0.280. The quantitative estimate of drug-likeness (QED) is 0.492. The van der Waals surface area contributed by atoms with Gasteiger partial charge in [-0.05, 0) is 35.9 Å². The van der Waals surface area contributed by atoms with E-state index < -0.39 is 23.0 Å². The normalized spacial score (nSPS) is 13.5. The highest BCUT2D eigenvalue weighted by Gasteiger charge is 2.34. The van der Waals surface area contributed by atoms with E-state index in [1.807, 2.05) is 11.0 Å². The van der Waals surface area contributed by atoms with Crippen LogP contribution in [0.4, 0.5) is 19.0 Å². The zero-order chi connectivity index (χ0) is 26.6. The van der Waals surface area contributed by atoms with Crippen LogP contribution in [0.25, 0.3) is 0 Å². The number of anilines is 1. The Morgan fingerprint density at radius 1 is 1.05 bits per heavy atom. The summed E-state index contributed by atoms with van der Waals surface area (Å²) < 4.78 is 57.7. The maximum atomic E-state index is 13.2. The number of halogens is 3. The third kappa shape index (κ3) is 5.82. The summed E-state index contributed by atoms with van der Waals surface area (Å²) in [4.78, 5) is 18.2. The summed E-state index contributed by atoms with van der Waals surface area (Å²) in [5.41, 5.74) is -1.54. The largest absolute Gasteiger partial charge is 0.473 e. The van der Waals surface area contributed by atoms with E-state index in [0.717, 1.165) is 6.07 Å². The molecular weight excluding hydrogens is 491 g/mol.